The Morgan fingerprint density at radius 2 is 2.23 bits per heavy atom. The first-order chi connectivity index (χ1) is 6.25. The molecule has 1 saturated heterocycles. The van der Waals surface area contributed by atoms with E-state index in [0.29, 0.717) is 18.4 Å². The van der Waals surface area contributed by atoms with Gasteiger partial charge in [-0.3, -0.25) is 0 Å². The molecule has 1 heterocycles. The van der Waals surface area contributed by atoms with Crippen LogP contribution in [0.15, 0.2) is 11.4 Å². The molecule has 1 fully saturated rings. The van der Waals surface area contributed by atoms with Gasteiger partial charge in [-0.15, -0.1) is 0 Å². The van der Waals surface area contributed by atoms with Crippen LogP contribution in [0.4, 0.5) is 4.39 Å². The number of ether oxygens (including phenoxy) is 1. The van der Waals surface area contributed by atoms with Gasteiger partial charge in [-0.2, -0.15) is 4.39 Å². The molecule has 13 heavy (non-hydrogen) atoms. The van der Waals surface area contributed by atoms with Crippen molar-refractivity contribution < 1.29 is 15.3 Å². The second kappa shape index (κ2) is 4.97. The standard InChI is InChI=1S/C9H14FNO2/c1-2-13-9(12)8(10)7-3-5-11-6-4-7/h11H,2-6H2,1H3/p+1. The Balaban J connectivity index is 0.00000169. The third-order valence-electron chi connectivity index (χ3n) is 1.97. The molecule has 0 spiro atoms. The molecule has 4 heteroatoms. The fraction of sp³-hybridized carbons (Fsp3) is 0.667. The zero-order valence-electron chi connectivity index (χ0n) is 8.73. The lowest BCUT2D eigenvalue weighted by molar-refractivity contribution is -0.140. The number of carbonyl (C=O) groups excluding carboxylic acids is 1. The van der Waals surface area contributed by atoms with Crippen LogP contribution < -0.4 is 5.32 Å². The van der Waals surface area contributed by atoms with Crippen molar-refractivity contribution >= 4 is 5.97 Å². The molecule has 0 atom stereocenters. The molecular formula is C9H15FNO2+. The number of esters is 1. The van der Waals surface area contributed by atoms with Crippen molar-refractivity contribution in [3.8, 4) is 0 Å². The summed E-state index contributed by atoms with van der Waals surface area (Å²) in [6.45, 7) is 3.36. The van der Waals surface area contributed by atoms with E-state index in [1.165, 1.54) is 0 Å². The van der Waals surface area contributed by atoms with Crippen LogP contribution in [0.1, 0.15) is 21.2 Å². The fourth-order valence-electron chi connectivity index (χ4n) is 1.29. The molecule has 0 bridgehead atoms. The molecule has 0 aromatic rings. The molecule has 0 aromatic heterocycles. The lowest BCUT2D eigenvalue weighted by atomic mass is 10.0. The number of piperidine rings is 1. The van der Waals surface area contributed by atoms with Gasteiger partial charge in [-0.1, -0.05) is 0 Å². The molecule has 0 unspecified atom stereocenters. The molecule has 0 aliphatic carbocycles. The topological polar surface area (TPSA) is 38.3 Å². The zero-order valence-corrected chi connectivity index (χ0v) is 7.73. The van der Waals surface area contributed by atoms with Gasteiger partial charge < -0.3 is 10.1 Å². The molecule has 1 aliphatic heterocycles. The highest BCUT2D eigenvalue weighted by Crippen LogP contribution is 2.17. The average Bonchev–Trinajstić information content (AvgIpc) is 2.18. The molecule has 0 saturated carbocycles. The molecule has 3 nitrogen and oxygen atoms in total. The van der Waals surface area contributed by atoms with E-state index in [-0.39, 0.29) is 8.03 Å². The number of hydrogen-bond donors (Lipinski definition) is 1. The van der Waals surface area contributed by atoms with Gasteiger partial charge in [0.15, 0.2) is 0 Å². The molecular weight excluding hydrogens is 173 g/mol. The van der Waals surface area contributed by atoms with E-state index in [1.807, 2.05) is 0 Å². The van der Waals surface area contributed by atoms with Crippen molar-refractivity contribution in [1.29, 1.82) is 0 Å². The summed E-state index contributed by atoms with van der Waals surface area (Å²) in [5.41, 5.74) is 0.581. The Kier molecular flexibility index (Phi) is 3.89. The molecule has 0 aromatic carbocycles. The van der Waals surface area contributed by atoms with Crippen molar-refractivity contribution in [3.05, 3.63) is 11.4 Å². The number of rotatable bonds is 2. The van der Waals surface area contributed by atoms with Crippen LogP contribution in [0.5, 0.6) is 0 Å². The highest BCUT2D eigenvalue weighted by atomic mass is 19.1. The first kappa shape index (κ1) is 10.2. The maximum absolute atomic E-state index is 13.2. The SMILES string of the molecule is CCOC(=O)C(F)=C1CCNCC1.[H+]. The number of halogens is 1. The quantitative estimate of drug-likeness (QED) is 0.524. The average molecular weight is 188 g/mol. The normalized spacial score (nSPS) is 16.9. The summed E-state index contributed by atoms with van der Waals surface area (Å²) >= 11 is 0. The smallest absolute Gasteiger partial charge is 0.461 e. The Morgan fingerprint density at radius 1 is 1.62 bits per heavy atom. The zero-order chi connectivity index (χ0) is 9.68. The molecule has 1 aliphatic rings. The first-order valence-electron chi connectivity index (χ1n) is 4.51. The van der Waals surface area contributed by atoms with Crippen LogP contribution in [-0.4, -0.2) is 25.7 Å². The third-order valence-corrected chi connectivity index (χ3v) is 1.97. The predicted octanol–water partition coefficient (Wildman–Crippen LogP) is 1.27. The van der Waals surface area contributed by atoms with Crippen molar-refractivity contribution in [2.45, 2.75) is 19.8 Å². The summed E-state index contributed by atoms with van der Waals surface area (Å²) in [4.78, 5) is 11.0. The lowest BCUT2D eigenvalue weighted by Crippen LogP contribution is -2.24. The minimum atomic E-state index is -0.820. The summed E-state index contributed by atoms with van der Waals surface area (Å²) in [5.74, 6) is -1.51. The van der Waals surface area contributed by atoms with Crippen LogP contribution in [0.3, 0.4) is 0 Å². The van der Waals surface area contributed by atoms with Crippen LogP contribution in [0.2, 0.25) is 0 Å². The molecule has 0 amide bonds. The van der Waals surface area contributed by atoms with E-state index in [2.05, 4.69) is 10.1 Å². The van der Waals surface area contributed by atoms with Crippen molar-refractivity contribution in [1.82, 2.24) is 5.32 Å². The molecule has 0 radical (unpaired) electrons. The summed E-state index contributed by atoms with van der Waals surface area (Å²) < 4.78 is 17.8. The Morgan fingerprint density at radius 3 is 2.77 bits per heavy atom. The van der Waals surface area contributed by atoms with Crippen molar-refractivity contribution in [2.24, 2.45) is 0 Å². The maximum atomic E-state index is 13.2. The van der Waals surface area contributed by atoms with Gasteiger partial charge in [0.25, 0.3) is 0 Å². The van der Waals surface area contributed by atoms with E-state index >= 15 is 0 Å². The van der Waals surface area contributed by atoms with Crippen LogP contribution >= 0.6 is 0 Å². The first-order valence-corrected chi connectivity index (χ1v) is 4.51. The van der Waals surface area contributed by atoms with Gasteiger partial charge >= 0.3 is 7.40 Å². The van der Waals surface area contributed by atoms with E-state index in [1.54, 1.807) is 6.92 Å². The van der Waals surface area contributed by atoms with E-state index < -0.39 is 11.8 Å². The lowest BCUT2D eigenvalue weighted by Gasteiger charge is -2.15. The molecule has 1 rings (SSSR count). The van der Waals surface area contributed by atoms with Gasteiger partial charge in [-0.25, -0.2) is 4.79 Å². The second-order valence-corrected chi connectivity index (χ2v) is 2.89. The van der Waals surface area contributed by atoms with Crippen LogP contribution in [-0.2, 0) is 9.53 Å². The minimum Gasteiger partial charge on any atom is -0.461 e. The van der Waals surface area contributed by atoms with Crippen molar-refractivity contribution in [2.75, 3.05) is 19.7 Å². The highest BCUT2D eigenvalue weighted by molar-refractivity contribution is 5.86. The van der Waals surface area contributed by atoms with Crippen LogP contribution in [0.25, 0.3) is 0 Å². The van der Waals surface area contributed by atoms with Gasteiger partial charge in [-0.05, 0) is 38.4 Å². The van der Waals surface area contributed by atoms with E-state index in [0.717, 1.165) is 13.1 Å². The Hall–Kier alpha value is -0.900. The maximum Gasteiger partial charge on any atom is 1.00 e. The highest BCUT2D eigenvalue weighted by Gasteiger charge is 2.17. The van der Waals surface area contributed by atoms with Crippen LogP contribution in [0, 0.1) is 0 Å². The Bertz CT molecular complexity index is 223. The largest absolute Gasteiger partial charge is 1.00 e. The molecule has 1 N–H and O–H groups in total. The summed E-state index contributed by atoms with van der Waals surface area (Å²) in [6.07, 6.45) is 1.20. The number of nitrogens with one attached hydrogen (secondary N) is 1. The summed E-state index contributed by atoms with van der Waals surface area (Å²) in [6, 6.07) is 0. The molecule has 74 valence electrons. The predicted molar refractivity (Wildman–Crippen MR) is 48.0 cm³/mol. The number of carbonyl (C=O) groups is 1. The van der Waals surface area contributed by atoms with Crippen molar-refractivity contribution in [3.63, 3.8) is 0 Å². The van der Waals surface area contributed by atoms with Gasteiger partial charge in [0, 0.05) is 0 Å². The summed E-state index contributed by atoms with van der Waals surface area (Å²) in [5, 5.41) is 3.09. The number of hydrogen-bond acceptors (Lipinski definition) is 3. The summed E-state index contributed by atoms with van der Waals surface area (Å²) in [7, 11) is 0. The fourth-order valence-corrected chi connectivity index (χ4v) is 1.29. The second-order valence-electron chi connectivity index (χ2n) is 2.89. The minimum absolute atomic E-state index is 0. The van der Waals surface area contributed by atoms with Gasteiger partial charge in [0.2, 0.25) is 5.83 Å². The van der Waals surface area contributed by atoms with E-state index in [9.17, 15) is 9.18 Å². The third kappa shape index (κ3) is 2.81. The van der Waals surface area contributed by atoms with Gasteiger partial charge in [0.1, 0.15) is 0 Å². The Labute approximate surface area is 78.4 Å². The monoisotopic (exact) mass is 188 g/mol. The van der Waals surface area contributed by atoms with E-state index in [4.69, 9.17) is 0 Å². The van der Waals surface area contributed by atoms with Gasteiger partial charge in [0.05, 0.1) is 6.61 Å².